The van der Waals surface area contributed by atoms with Gasteiger partial charge in [-0.05, 0) is 36.8 Å². The minimum Gasteiger partial charge on any atom is -0.224 e. The van der Waals surface area contributed by atoms with Crippen LogP contribution in [0.2, 0.25) is 0 Å². The van der Waals surface area contributed by atoms with Gasteiger partial charge in [0.2, 0.25) is 0 Å². The van der Waals surface area contributed by atoms with Crippen LogP contribution in [-0.2, 0) is 10.0 Å². The van der Waals surface area contributed by atoms with Crippen molar-refractivity contribution >= 4 is 20.9 Å². The first-order valence-electron chi connectivity index (χ1n) is 6.37. The monoisotopic (exact) mass is 296 g/mol. The van der Waals surface area contributed by atoms with Crippen molar-refractivity contribution in [2.45, 2.75) is 11.8 Å². The predicted molar refractivity (Wildman–Crippen MR) is 80.4 cm³/mol. The second kappa shape index (κ2) is 4.76. The Kier molecular flexibility index (Phi) is 3.04. The minimum absolute atomic E-state index is 0.114. The van der Waals surface area contributed by atoms with Crippen LogP contribution in [0.1, 0.15) is 11.3 Å². The number of aromatic nitrogens is 1. The van der Waals surface area contributed by atoms with E-state index in [2.05, 4.69) is 0 Å². The Morgan fingerprint density at radius 2 is 1.76 bits per heavy atom. The zero-order valence-electron chi connectivity index (χ0n) is 11.3. The number of nitriles is 1. The van der Waals surface area contributed by atoms with E-state index in [1.165, 1.54) is 12.1 Å². The van der Waals surface area contributed by atoms with Crippen molar-refractivity contribution in [2.75, 3.05) is 0 Å². The molecule has 0 fully saturated rings. The van der Waals surface area contributed by atoms with E-state index in [1.807, 2.05) is 19.1 Å². The second-order valence-corrected chi connectivity index (χ2v) is 6.52. The topological polar surface area (TPSA) is 62.9 Å². The van der Waals surface area contributed by atoms with Gasteiger partial charge >= 0.3 is 0 Å². The van der Waals surface area contributed by atoms with Gasteiger partial charge in [-0.2, -0.15) is 5.26 Å². The quantitative estimate of drug-likeness (QED) is 0.730. The van der Waals surface area contributed by atoms with Crippen LogP contribution in [-0.4, -0.2) is 12.4 Å². The first-order chi connectivity index (χ1) is 10.1. The van der Waals surface area contributed by atoms with Crippen molar-refractivity contribution in [2.24, 2.45) is 0 Å². The Labute approximate surface area is 122 Å². The number of fused-ring (bicyclic) bond motifs is 1. The van der Waals surface area contributed by atoms with E-state index < -0.39 is 10.0 Å². The van der Waals surface area contributed by atoms with Gasteiger partial charge in [-0.3, -0.25) is 0 Å². The van der Waals surface area contributed by atoms with Crippen molar-refractivity contribution < 1.29 is 8.42 Å². The van der Waals surface area contributed by atoms with Gasteiger partial charge in [0.25, 0.3) is 10.0 Å². The highest BCUT2D eigenvalue weighted by molar-refractivity contribution is 7.90. The van der Waals surface area contributed by atoms with E-state index in [0.29, 0.717) is 5.52 Å². The lowest BCUT2D eigenvalue weighted by Gasteiger charge is -2.09. The molecule has 0 radical (unpaired) electrons. The summed E-state index contributed by atoms with van der Waals surface area (Å²) in [5.74, 6) is 0. The maximum Gasteiger partial charge on any atom is 0.269 e. The Balaban J connectivity index is 2.41. The molecule has 1 heterocycles. The molecule has 21 heavy (non-hydrogen) atoms. The van der Waals surface area contributed by atoms with Crippen LogP contribution >= 0.6 is 0 Å². The van der Waals surface area contributed by atoms with Crippen molar-refractivity contribution in [3.05, 3.63) is 65.9 Å². The Morgan fingerprint density at radius 1 is 1.05 bits per heavy atom. The van der Waals surface area contributed by atoms with Crippen molar-refractivity contribution in [3.63, 3.8) is 0 Å². The fourth-order valence-electron chi connectivity index (χ4n) is 2.39. The standard InChI is InChI=1S/C16H12N2O2S/c1-12-6-5-9-16-15(12)10-13(11-17)18(16)21(19,20)14-7-3-2-4-8-14/h2-10H,1H3. The lowest BCUT2D eigenvalue weighted by atomic mass is 10.1. The van der Waals surface area contributed by atoms with Gasteiger partial charge in [0, 0.05) is 5.39 Å². The Bertz CT molecular complexity index is 965. The summed E-state index contributed by atoms with van der Waals surface area (Å²) in [5.41, 5.74) is 1.57. The summed E-state index contributed by atoms with van der Waals surface area (Å²) in [6.07, 6.45) is 0. The van der Waals surface area contributed by atoms with Crippen LogP contribution in [0.3, 0.4) is 0 Å². The third-order valence-corrected chi connectivity index (χ3v) is 5.16. The molecule has 5 heteroatoms. The fourth-order valence-corrected chi connectivity index (χ4v) is 3.87. The van der Waals surface area contributed by atoms with Gasteiger partial charge in [-0.25, -0.2) is 12.4 Å². The Morgan fingerprint density at radius 3 is 2.43 bits per heavy atom. The van der Waals surface area contributed by atoms with E-state index >= 15 is 0 Å². The van der Waals surface area contributed by atoms with Gasteiger partial charge in [0.05, 0.1) is 10.4 Å². The molecule has 0 aliphatic carbocycles. The predicted octanol–water partition coefficient (Wildman–Crippen LogP) is 3.06. The third-order valence-electron chi connectivity index (χ3n) is 3.42. The summed E-state index contributed by atoms with van der Waals surface area (Å²) in [4.78, 5) is 0.167. The SMILES string of the molecule is Cc1cccc2c1cc(C#N)n2S(=O)(=O)c1ccccc1. The van der Waals surface area contributed by atoms with Crippen LogP contribution < -0.4 is 0 Å². The highest BCUT2D eigenvalue weighted by atomic mass is 32.2. The summed E-state index contributed by atoms with van der Waals surface area (Å²) < 4.78 is 26.7. The van der Waals surface area contributed by atoms with Crippen molar-refractivity contribution in [1.82, 2.24) is 3.97 Å². The molecule has 0 saturated carbocycles. The molecule has 0 aliphatic heterocycles. The van der Waals surface area contributed by atoms with Crippen LogP contribution in [0.25, 0.3) is 10.9 Å². The number of rotatable bonds is 2. The molecule has 0 bridgehead atoms. The number of nitrogens with zero attached hydrogens (tertiary/aromatic N) is 2. The normalized spacial score (nSPS) is 11.4. The first-order valence-corrected chi connectivity index (χ1v) is 7.81. The van der Waals surface area contributed by atoms with Gasteiger partial charge in [-0.15, -0.1) is 0 Å². The average molecular weight is 296 g/mol. The van der Waals surface area contributed by atoms with Gasteiger partial charge in [0.15, 0.2) is 0 Å². The molecule has 0 amide bonds. The molecular weight excluding hydrogens is 284 g/mol. The fraction of sp³-hybridized carbons (Fsp3) is 0.0625. The second-order valence-electron chi connectivity index (χ2n) is 4.73. The van der Waals surface area contributed by atoms with Gasteiger partial charge < -0.3 is 0 Å². The molecular formula is C16H12N2O2S. The summed E-state index contributed by atoms with van der Waals surface area (Å²) >= 11 is 0. The maximum atomic E-state index is 12.8. The number of benzene rings is 2. The van der Waals surface area contributed by atoms with E-state index in [-0.39, 0.29) is 10.6 Å². The summed E-state index contributed by atoms with van der Waals surface area (Å²) in [6, 6.07) is 17.1. The molecule has 3 aromatic rings. The highest BCUT2D eigenvalue weighted by Crippen LogP contribution is 2.27. The van der Waals surface area contributed by atoms with E-state index in [0.717, 1.165) is 14.9 Å². The van der Waals surface area contributed by atoms with E-state index in [4.69, 9.17) is 0 Å². The third kappa shape index (κ3) is 2.01. The largest absolute Gasteiger partial charge is 0.269 e. The maximum absolute atomic E-state index is 12.8. The smallest absolute Gasteiger partial charge is 0.224 e. The van der Waals surface area contributed by atoms with Crippen LogP contribution in [0.15, 0.2) is 59.5 Å². The summed E-state index contributed by atoms with van der Waals surface area (Å²) in [6.45, 7) is 1.89. The highest BCUT2D eigenvalue weighted by Gasteiger charge is 2.23. The minimum atomic E-state index is -3.79. The zero-order valence-corrected chi connectivity index (χ0v) is 12.1. The van der Waals surface area contributed by atoms with Crippen molar-refractivity contribution in [3.8, 4) is 6.07 Å². The van der Waals surface area contributed by atoms with E-state index in [1.54, 1.807) is 36.4 Å². The molecule has 104 valence electrons. The lowest BCUT2D eigenvalue weighted by Crippen LogP contribution is -2.14. The molecule has 3 rings (SSSR count). The molecule has 0 spiro atoms. The van der Waals surface area contributed by atoms with Crippen molar-refractivity contribution in [1.29, 1.82) is 5.26 Å². The molecule has 0 saturated heterocycles. The first kappa shape index (κ1) is 13.4. The number of hydrogen-bond acceptors (Lipinski definition) is 3. The molecule has 0 unspecified atom stereocenters. The summed E-state index contributed by atoms with van der Waals surface area (Å²) in [5, 5.41) is 10.1. The summed E-state index contributed by atoms with van der Waals surface area (Å²) in [7, 11) is -3.79. The van der Waals surface area contributed by atoms with Crippen LogP contribution in [0.5, 0.6) is 0 Å². The average Bonchev–Trinajstić information content (AvgIpc) is 2.89. The van der Waals surface area contributed by atoms with Gasteiger partial charge in [-0.1, -0.05) is 30.3 Å². The van der Waals surface area contributed by atoms with E-state index in [9.17, 15) is 13.7 Å². The lowest BCUT2D eigenvalue weighted by molar-refractivity contribution is 0.588. The molecule has 2 aromatic carbocycles. The molecule has 0 N–H and O–H groups in total. The van der Waals surface area contributed by atoms with Gasteiger partial charge in [0.1, 0.15) is 11.8 Å². The number of aryl methyl sites for hydroxylation is 1. The molecule has 0 atom stereocenters. The zero-order chi connectivity index (χ0) is 15.0. The van der Waals surface area contributed by atoms with Crippen LogP contribution in [0, 0.1) is 18.3 Å². The van der Waals surface area contributed by atoms with Crippen LogP contribution in [0.4, 0.5) is 0 Å². The molecule has 0 aliphatic rings. The Hall–Kier alpha value is -2.58. The molecule has 1 aromatic heterocycles. The molecule has 4 nitrogen and oxygen atoms in total. The number of hydrogen-bond donors (Lipinski definition) is 0.